The number of nitrogens with one attached hydrogen (secondary N) is 2. The molecule has 1 unspecified atom stereocenters. The number of anilines is 1. The molecule has 27 heavy (non-hydrogen) atoms. The Morgan fingerprint density at radius 3 is 2.78 bits per heavy atom. The minimum atomic E-state index is -0.356. The van der Waals surface area contributed by atoms with Crippen LogP contribution in [0.2, 0.25) is 5.02 Å². The van der Waals surface area contributed by atoms with Crippen molar-refractivity contribution >= 4 is 34.7 Å². The van der Waals surface area contributed by atoms with Crippen LogP contribution in [-0.4, -0.2) is 24.7 Å². The lowest BCUT2D eigenvalue weighted by Crippen LogP contribution is -2.31. The number of nitrogens with zero attached hydrogens (tertiary/aromatic N) is 4. The summed E-state index contributed by atoms with van der Waals surface area (Å²) in [5, 5.41) is 15.8. The highest BCUT2D eigenvalue weighted by Crippen LogP contribution is 2.20. The second-order valence-electron chi connectivity index (χ2n) is 6.26. The Morgan fingerprint density at radius 1 is 1.33 bits per heavy atom. The third-order valence-corrected chi connectivity index (χ3v) is 4.70. The lowest BCUT2D eigenvalue weighted by molar-refractivity contribution is 0.586. The van der Waals surface area contributed by atoms with Crippen molar-refractivity contribution in [2.45, 2.75) is 26.4 Å². The molecule has 0 aliphatic rings. The van der Waals surface area contributed by atoms with Crippen LogP contribution in [0, 0.1) is 12.7 Å². The molecular weight excluding hydrogens is 387 g/mol. The van der Waals surface area contributed by atoms with E-state index in [1.165, 1.54) is 6.07 Å². The molecule has 0 bridgehead atoms. The zero-order valence-electron chi connectivity index (χ0n) is 15.2. The van der Waals surface area contributed by atoms with Crippen LogP contribution in [0.25, 0.3) is 0 Å². The Kier molecular flexibility index (Phi) is 5.76. The van der Waals surface area contributed by atoms with Crippen molar-refractivity contribution < 1.29 is 4.39 Å². The molecule has 0 amide bonds. The molecule has 1 atom stereocenters. The van der Waals surface area contributed by atoms with Crippen LogP contribution in [0.5, 0.6) is 0 Å². The Hall–Kier alpha value is -2.45. The number of rotatable bonds is 5. The molecule has 0 radical (unpaired) electrons. The number of halogens is 2. The molecule has 0 aliphatic carbocycles. The van der Waals surface area contributed by atoms with Gasteiger partial charge in [-0.25, -0.2) is 4.39 Å². The summed E-state index contributed by atoms with van der Waals surface area (Å²) in [4.78, 5) is 0. The van der Waals surface area contributed by atoms with Crippen molar-refractivity contribution in [3.8, 4) is 0 Å². The number of aromatic nitrogens is 4. The molecule has 0 saturated heterocycles. The molecule has 3 rings (SSSR count). The zero-order chi connectivity index (χ0) is 19.6. The maximum Gasteiger partial charge on any atom is 0.172 e. The molecule has 9 heteroatoms. The summed E-state index contributed by atoms with van der Waals surface area (Å²) in [7, 11) is 1.88. The van der Waals surface area contributed by atoms with E-state index in [9.17, 15) is 4.39 Å². The fourth-order valence-electron chi connectivity index (χ4n) is 2.83. The second kappa shape index (κ2) is 8.06. The lowest BCUT2D eigenvalue weighted by atomic mass is 10.1. The summed E-state index contributed by atoms with van der Waals surface area (Å²) in [6.45, 7) is 4.20. The molecule has 2 N–H and O–H groups in total. The van der Waals surface area contributed by atoms with Crippen molar-refractivity contribution in [3.63, 3.8) is 0 Å². The molecule has 3 aromatic rings. The molecule has 6 nitrogen and oxygen atoms in total. The second-order valence-corrected chi connectivity index (χ2v) is 7.08. The van der Waals surface area contributed by atoms with E-state index >= 15 is 0 Å². The van der Waals surface area contributed by atoms with E-state index in [0.29, 0.717) is 21.5 Å². The first-order valence-electron chi connectivity index (χ1n) is 8.37. The standard InChI is InChI=1S/C18H20ClFN6S/c1-11(13-9-25(3)23-12(13)2)21-18(27)22-17-7-8-26(24-17)10-14-15(19)5-4-6-16(14)20/h4-9,11H,10H2,1-3H3,(H2,21,22,24,27). The molecule has 1 aromatic carbocycles. The van der Waals surface area contributed by atoms with Crippen molar-refractivity contribution in [2.75, 3.05) is 5.32 Å². The van der Waals surface area contributed by atoms with Gasteiger partial charge in [-0.1, -0.05) is 17.7 Å². The fourth-order valence-corrected chi connectivity index (χ4v) is 3.34. The van der Waals surface area contributed by atoms with Gasteiger partial charge in [0.15, 0.2) is 10.9 Å². The van der Waals surface area contributed by atoms with Gasteiger partial charge in [0, 0.05) is 41.7 Å². The van der Waals surface area contributed by atoms with Crippen LogP contribution < -0.4 is 10.6 Å². The topological polar surface area (TPSA) is 59.7 Å². The van der Waals surface area contributed by atoms with Crippen molar-refractivity contribution in [3.05, 3.63) is 64.3 Å². The summed E-state index contributed by atoms with van der Waals surface area (Å²) in [6, 6.07) is 6.38. The lowest BCUT2D eigenvalue weighted by Gasteiger charge is -2.15. The van der Waals surface area contributed by atoms with E-state index in [1.807, 2.05) is 27.1 Å². The number of benzene rings is 1. The normalized spacial score (nSPS) is 12.0. The Balaban J connectivity index is 1.62. The highest BCUT2D eigenvalue weighted by atomic mass is 35.5. The quantitative estimate of drug-likeness (QED) is 0.631. The van der Waals surface area contributed by atoms with Gasteiger partial charge in [-0.3, -0.25) is 9.36 Å². The molecule has 142 valence electrons. The molecule has 0 spiro atoms. The Bertz CT molecular complexity index is 946. The van der Waals surface area contributed by atoms with Crippen LogP contribution in [0.4, 0.5) is 10.2 Å². The predicted molar refractivity (Wildman–Crippen MR) is 108 cm³/mol. The van der Waals surface area contributed by atoms with Gasteiger partial charge in [-0.05, 0) is 38.2 Å². The third-order valence-electron chi connectivity index (χ3n) is 4.13. The van der Waals surface area contributed by atoms with E-state index in [2.05, 4.69) is 20.8 Å². The third kappa shape index (κ3) is 4.64. The number of thiocarbonyl (C=S) groups is 1. The fraction of sp³-hybridized carbons (Fsp3) is 0.278. The van der Waals surface area contributed by atoms with Crippen molar-refractivity contribution in [1.82, 2.24) is 24.9 Å². The van der Waals surface area contributed by atoms with Gasteiger partial charge in [-0.15, -0.1) is 0 Å². The molecule has 0 fully saturated rings. The molecule has 2 heterocycles. The van der Waals surface area contributed by atoms with Crippen molar-refractivity contribution in [2.24, 2.45) is 7.05 Å². The average molecular weight is 407 g/mol. The Morgan fingerprint density at radius 2 is 2.11 bits per heavy atom. The zero-order valence-corrected chi connectivity index (χ0v) is 16.8. The maximum absolute atomic E-state index is 13.9. The highest BCUT2D eigenvalue weighted by molar-refractivity contribution is 7.80. The predicted octanol–water partition coefficient (Wildman–Crippen LogP) is 3.81. The smallest absolute Gasteiger partial charge is 0.172 e. The van der Waals surface area contributed by atoms with Crippen LogP contribution in [0.1, 0.15) is 29.8 Å². The van der Waals surface area contributed by atoms with Gasteiger partial charge < -0.3 is 10.6 Å². The highest BCUT2D eigenvalue weighted by Gasteiger charge is 2.14. The summed E-state index contributed by atoms with van der Waals surface area (Å²) >= 11 is 11.4. The van der Waals surface area contributed by atoms with E-state index in [0.717, 1.165) is 11.3 Å². The van der Waals surface area contributed by atoms with Gasteiger partial charge in [0.2, 0.25) is 0 Å². The van der Waals surface area contributed by atoms with Crippen molar-refractivity contribution in [1.29, 1.82) is 0 Å². The van der Waals surface area contributed by atoms with Crippen LogP contribution in [0.15, 0.2) is 36.7 Å². The van der Waals surface area contributed by atoms with Gasteiger partial charge in [-0.2, -0.15) is 10.2 Å². The molecule has 0 saturated carbocycles. The molecular formula is C18H20ClFN6S. The average Bonchev–Trinajstić information content (AvgIpc) is 3.16. The summed E-state index contributed by atoms with van der Waals surface area (Å²) in [5.74, 6) is 0.209. The summed E-state index contributed by atoms with van der Waals surface area (Å²) in [6.07, 6.45) is 3.70. The van der Waals surface area contributed by atoms with Crippen LogP contribution in [0.3, 0.4) is 0 Å². The largest absolute Gasteiger partial charge is 0.356 e. The Labute approximate surface area is 167 Å². The monoisotopic (exact) mass is 406 g/mol. The van der Waals surface area contributed by atoms with E-state index in [-0.39, 0.29) is 18.4 Å². The SMILES string of the molecule is Cc1nn(C)cc1C(C)NC(=S)Nc1ccn(Cc2c(F)cccc2Cl)n1. The molecule has 0 aliphatic heterocycles. The minimum Gasteiger partial charge on any atom is -0.356 e. The van der Waals surface area contributed by atoms with Gasteiger partial charge in [0.05, 0.1) is 18.3 Å². The van der Waals surface area contributed by atoms with Crippen LogP contribution >= 0.6 is 23.8 Å². The van der Waals surface area contributed by atoms with E-state index in [4.69, 9.17) is 23.8 Å². The first-order chi connectivity index (χ1) is 12.8. The number of hydrogen-bond donors (Lipinski definition) is 2. The summed E-state index contributed by atoms with van der Waals surface area (Å²) < 4.78 is 17.3. The summed E-state index contributed by atoms with van der Waals surface area (Å²) in [5.41, 5.74) is 2.42. The maximum atomic E-state index is 13.9. The first-order valence-corrected chi connectivity index (χ1v) is 9.16. The van der Waals surface area contributed by atoms with Gasteiger partial charge in [0.25, 0.3) is 0 Å². The van der Waals surface area contributed by atoms with E-state index in [1.54, 1.807) is 33.8 Å². The first kappa shape index (κ1) is 19.3. The van der Waals surface area contributed by atoms with Gasteiger partial charge >= 0.3 is 0 Å². The number of hydrogen-bond acceptors (Lipinski definition) is 3. The van der Waals surface area contributed by atoms with Gasteiger partial charge in [0.1, 0.15) is 5.82 Å². The minimum absolute atomic E-state index is 0.00185. The number of aryl methyl sites for hydroxylation is 2. The van der Waals surface area contributed by atoms with Crippen LogP contribution in [-0.2, 0) is 13.6 Å². The van der Waals surface area contributed by atoms with E-state index < -0.39 is 0 Å². The molecule has 2 aromatic heterocycles.